The normalized spacial score (nSPS) is 17.0. The van der Waals surface area contributed by atoms with Gasteiger partial charge in [-0.05, 0) is 28.1 Å². The molecule has 1 aromatic heterocycles. The minimum Gasteiger partial charge on any atom is -0.444 e. The summed E-state index contributed by atoms with van der Waals surface area (Å²) in [6.45, 7) is 5.68. The van der Waals surface area contributed by atoms with Crippen LogP contribution in [0.4, 0.5) is 0 Å². The lowest BCUT2D eigenvalue weighted by Crippen LogP contribution is -2.46. The molecule has 1 aliphatic heterocycles. The Hall–Kier alpha value is -0.850. The van der Waals surface area contributed by atoms with Gasteiger partial charge in [-0.1, -0.05) is 0 Å². The van der Waals surface area contributed by atoms with Crippen LogP contribution in [0.5, 0.6) is 0 Å². The molecule has 0 atom stereocenters. The lowest BCUT2D eigenvalue weighted by atomic mass is 10.3. The molecule has 5 nitrogen and oxygen atoms in total. The zero-order chi connectivity index (χ0) is 12.1. The molecule has 0 unspecified atom stereocenters. The monoisotopic (exact) mass is 301 g/mol. The summed E-state index contributed by atoms with van der Waals surface area (Å²) >= 11 is 3.17. The summed E-state index contributed by atoms with van der Waals surface area (Å²) in [5, 5.41) is 6.14. The Morgan fingerprint density at radius 2 is 2.24 bits per heavy atom. The number of hydrogen-bond donors (Lipinski definition) is 2. The van der Waals surface area contributed by atoms with Gasteiger partial charge in [0.15, 0.2) is 10.4 Å². The second kappa shape index (κ2) is 6.18. The summed E-state index contributed by atoms with van der Waals surface area (Å²) in [7, 11) is 0. The topological polar surface area (TPSA) is 57.5 Å². The van der Waals surface area contributed by atoms with Crippen LogP contribution in [-0.2, 0) is 0 Å². The molecule has 1 aliphatic rings. The summed E-state index contributed by atoms with van der Waals surface area (Å²) in [5.41, 5.74) is 0. The number of rotatable bonds is 4. The Morgan fingerprint density at radius 1 is 1.47 bits per heavy atom. The zero-order valence-electron chi connectivity index (χ0n) is 9.54. The van der Waals surface area contributed by atoms with Crippen molar-refractivity contribution < 1.29 is 9.21 Å². The number of carbonyl (C=O) groups excluding carboxylic acids is 1. The Balaban J connectivity index is 1.69. The van der Waals surface area contributed by atoms with Gasteiger partial charge in [0.1, 0.15) is 0 Å². The van der Waals surface area contributed by atoms with Crippen molar-refractivity contribution in [2.24, 2.45) is 0 Å². The fraction of sp³-hybridized carbons (Fsp3) is 0.545. The predicted octanol–water partition coefficient (Wildman–Crippen LogP) is 0.677. The number of amides is 1. The molecule has 1 aromatic rings. The molecule has 17 heavy (non-hydrogen) atoms. The van der Waals surface area contributed by atoms with Crippen molar-refractivity contribution in [1.82, 2.24) is 15.5 Å². The van der Waals surface area contributed by atoms with Gasteiger partial charge in [-0.25, -0.2) is 0 Å². The third-order valence-electron chi connectivity index (χ3n) is 2.72. The molecule has 1 amide bonds. The quantitative estimate of drug-likeness (QED) is 0.859. The van der Waals surface area contributed by atoms with Crippen LogP contribution in [-0.4, -0.2) is 50.1 Å². The maximum Gasteiger partial charge on any atom is 0.287 e. The van der Waals surface area contributed by atoms with E-state index in [0.29, 0.717) is 17.0 Å². The highest BCUT2D eigenvalue weighted by molar-refractivity contribution is 9.10. The summed E-state index contributed by atoms with van der Waals surface area (Å²) in [6.07, 6.45) is 0. The Labute approximate surface area is 109 Å². The summed E-state index contributed by atoms with van der Waals surface area (Å²) in [6, 6.07) is 3.37. The van der Waals surface area contributed by atoms with Gasteiger partial charge in [-0.15, -0.1) is 0 Å². The van der Waals surface area contributed by atoms with E-state index in [1.807, 2.05) is 0 Å². The van der Waals surface area contributed by atoms with Crippen molar-refractivity contribution >= 4 is 21.8 Å². The Kier molecular flexibility index (Phi) is 4.58. The van der Waals surface area contributed by atoms with Crippen LogP contribution in [0.15, 0.2) is 21.2 Å². The number of piperazine rings is 1. The van der Waals surface area contributed by atoms with Crippen LogP contribution < -0.4 is 10.6 Å². The fourth-order valence-corrected chi connectivity index (χ4v) is 2.09. The highest BCUT2D eigenvalue weighted by Gasteiger charge is 2.12. The first-order chi connectivity index (χ1) is 8.25. The van der Waals surface area contributed by atoms with E-state index in [4.69, 9.17) is 4.42 Å². The first-order valence-corrected chi connectivity index (χ1v) is 6.51. The van der Waals surface area contributed by atoms with E-state index in [1.165, 1.54) is 0 Å². The first kappa shape index (κ1) is 12.6. The van der Waals surface area contributed by atoms with E-state index in [0.717, 1.165) is 32.7 Å². The van der Waals surface area contributed by atoms with Crippen molar-refractivity contribution in [1.29, 1.82) is 0 Å². The molecule has 0 spiro atoms. The van der Waals surface area contributed by atoms with E-state index in [1.54, 1.807) is 12.1 Å². The van der Waals surface area contributed by atoms with E-state index >= 15 is 0 Å². The molecule has 0 bridgehead atoms. The second-order valence-corrected chi connectivity index (χ2v) is 4.73. The van der Waals surface area contributed by atoms with E-state index in [2.05, 4.69) is 31.5 Å². The maximum atomic E-state index is 11.6. The molecule has 0 aliphatic carbocycles. The molecule has 94 valence electrons. The molecule has 0 aromatic carbocycles. The first-order valence-electron chi connectivity index (χ1n) is 5.72. The van der Waals surface area contributed by atoms with Gasteiger partial charge in [0.05, 0.1) is 0 Å². The van der Waals surface area contributed by atoms with Crippen molar-refractivity contribution in [3.63, 3.8) is 0 Å². The lowest BCUT2D eigenvalue weighted by molar-refractivity contribution is 0.0918. The third kappa shape index (κ3) is 3.83. The third-order valence-corrected chi connectivity index (χ3v) is 3.15. The van der Waals surface area contributed by atoms with Crippen LogP contribution in [0.25, 0.3) is 0 Å². The molecule has 6 heteroatoms. The summed E-state index contributed by atoms with van der Waals surface area (Å²) < 4.78 is 5.74. The molecule has 1 saturated heterocycles. The minimum atomic E-state index is -0.161. The van der Waals surface area contributed by atoms with Gasteiger partial charge >= 0.3 is 0 Å². The predicted molar refractivity (Wildman–Crippen MR) is 68.1 cm³/mol. The van der Waals surface area contributed by atoms with Crippen LogP contribution in [0.1, 0.15) is 10.6 Å². The second-order valence-electron chi connectivity index (χ2n) is 3.95. The zero-order valence-corrected chi connectivity index (χ0v) is 11.1. The molecular weight excluding hydrogens is 286 g/mol. The summed E-state index contributed by atoms with van der Waals surface area (Å²) in [4.78, 5) is 14.0. The molecule has 0 radical (unpaired) electrons. The highest BCUT2D eigenvalue weighted by atomic mass is 79.9. The smallest absolute Gasteiger partial charge is 0.287 e. The molecule has 2 N–H and O–H groups in total. The molecule has 0 saturated carbocycles. The number of carbonyl (C=O) groups is 1. The van der Waals surface area contributed by atoms with Crippen LogP contribution in [0.2, 0.25) is 0 Å². The summed E-state index contributed by atoms with van der Waals surface area (Å²) in [5.74, 6) is 0.183. The molecular formula is C11H16BrN3O2. The standard InChI is InChI=1S/C11H16BrN3O2/c12-10-2-1-9(17-10)11(16)14-5-8-15-6-3-13-4-7-15/h1-2,13H,3-8H2,(H,14,16). The fourth-order valence-electron chi connectivity index (χ4n) is 1.79. The van der Waals surface area contributed by atoms with Crippen LogP contribution >= 0.6 is 15.9 Å². The van der Waals surface area contributed by atoms with Crippen molar-refractivity contribution in [3.8, 4) is 0 Å². The highest BCUT2D eigenvalue weighted by Crippen LogP contribution is 2.13. The number of furan rings is 1. The Morgan fingerprint density at radius 3 is 2.88 bits per heavy atom. The number of halogens is 1. The molecule has 2 rings (SSSR count). The Bertz CT molecular complexity index is 375. The average Bonchev–Trinajstić information content (AvgIpc) is 2.77. The van der Waals surface area contributed by atoms with Gasteiger partial charge in [-0.3, -0.25) is 9.69 Å². The van der Waals surface area contributed by atoms with E-state index in [9.17, 15) is 4.79 Å². The van der Waals surface area contributed by atoms with E-state index in [-0.39, 0.29) is 5.91 Å². The minimum absolute atomic E-state index is 0.161. The van der Waals surface area contributed by atoms with Crippen molar-refractivity contribution in [2.45, 2.75) is 0 Å². The van der Waals surface area contributed by atoms with Gasteiger partial charge in [-0.2, -0.15) is 0 Å². The van der Waals surface area contributed by atoms with Gasteiger partial charge in [0, 0.05) is 39.3 Å². The van der Waals surface area contributed by atoms with Crippen LogP contribution in [0.3, 0.4) is 0 Å². The average molecular weight is 302 g/mol. The van der Waals surface area contributed by atoms with E-state index < -0.39 is 0 Å². The molecule has 1 fully saturated rings. The maximum absolute atomic E-state index is 11.6. The number of nitrogens with zero attached hydrogens (tertiary/aromatic N) is 1. The van der Waals surface area contributed by atoms with Crippen LogP contribution in [0, 0.1) is 0 Å². The number of nitrogens with one attached hydrogen (secondary N) is 2. The van der Waals surface area contributed by atoms with Crippen molar-refractivity contribution in [3.05, 3.63) is 22.6 Å². The SMILES string of the molecule is O=C(NCCN1CCNCC1)c1ccc(Br)o1. The van der Waals surface area contributed by atoms with Gasteiger partial charge in [0.25, 0.3) is 5.91 Å². The largest absolute Gasteiger partial charge is 0.444 e. The molecule has 2 heterocycles. The lowest BCUT2D eigenvalue weighted by Gasteiger charge is -2.26. The van der Waals surface area contributed by atoms with Gasteiger partial charge in [0.2, 0.25) is 0 Å². The number of hydrogen-bond acceptors (Lipinski definition) is 4. The van der Waals surface area contributed by atoms with Gasteiger partial charge < -0.3 is 15.1 Å². The van der Waals surface area contributed by atoms with Crippen molar-refractivity contribution in [2.75, 3.05) is 39.3 Å².